The van der Waals surface area contributed by atoms with Crippen molar-refractivity contribution in [1.29, 1.82) is 0 Å². The summed E-state index contributed by atoms with van der Waals surface area (Å²) in [7, 11) is 0. The normalized spacial score (nSPS) is 13.0. The van der Waals surface area contributed by atoms with Crippen LogP contribution in [0.25, 0.3) is 0 Å². The second kappa shape index (κ2) is 9.39. The summed E-state index contributed by atoms with van der Waals surface area (Å²) in [6.07, 6.45) is 1.73. The Morgan fingerprint density at radius 3 is 2.09 bits per heavy atom. The first-order valence-electron chi connectivity index (χ1n) is 7.60. The van der Waals surface area contributed by atoms with Gasteiger partial charge in [0.2, 0.25) is 0 Å². The van der Waals surface area contributed by atoms with Crippen molar-refractivity contribution in [3.05, 3.63) is 71.8 Å². The van der Waals surface area contributed by atoms with Crippen LogP contribution in [-0.2, 0) is 6.42 Å². The third kappa shape index (κ3) is 5.28. The molecule has 3 heteroatoms. The fourth-order valence-electron chi connectivity index (χ4n) is 2.55. The summed E-state index contributed by atoms with van der Waals surface area (Å²) < 4.78 is 0. The molecule has 0 aliphatic rings. The van der Waals surface area contributed by atoms with Crippen LogP contribution in [0.3, 0.4) is 0 Å². The van der Waals surface area contributed by atoms with Gasteiger partial charge >= 0.3 is 0 Å². The number of hydrogen-bond acceptors (Lipinski definition) is 2. The third-order valence-electron chi connectivity index (χ3n) is 3.65. The Morgan fingerprint density at radius 1 is 1.00 bits per heavy atom. The van der Waals surface area contributed by atoms with E-state index in [0.29, 0.717) is 0 Å². The van der Waals surface area contributed by atoms with Crippen LogP contribution in [0.2, 0.25) is 0 Å². The molecule has 1 N–H and O–H groups in total. The fraction of sp³-hybridized carbons (Fsp3) is 0.316. The average Bonchev–Trinajstić information content (AvgIpc) is 2.53. The van der Waals surface area contributed by atoms with Crippen LogP contribution in [0, 0.1) is 0 Å². The maximum absolute atomic E-state index is 12.5. The lowest BCUT2D eigenvalue weighted by Gasteiger charge is -2.21. The number of carbonyl (C=O) groups is 1. The number of Topliss-reactive ketones (excluding diaryl/α,β-unsaturated/α-hetero) is 1. The van der Waals surface area contributed by atoms with Crippen molar-refractivity contribution in [3.8, 4) is 0 Å². The first kappa shape index (κ1) is 18.4. The SMILES string of the molecule is CCC(NC(C)Cc1ccccc1)C(=O)c1ccccc1.Cl. The summed E-state index contributed by atoms with van der Waals surface area (Å²) in [5, 5.41) is 3.46. The molecule has 0 spiro atoms. The molecule has 2 aromatic carbocycles. The first-order valence-corrected chi connectivity index (χ1v) is 7.60. The maximum Gasteiger partial charge on any atom is 0.179 e. The Balaban J connectivity index is 0.00000242. The summed E-state index contributed by atoms with van der Waals surface area (Å²) in [4.78, 5) is 12.5. The highest BCUT2D eigenvalue weighted by Crippen LogP contribution is 2.09. The molecule has 0 amide bonds. The van der Waals surface area contributed by atoms with E-state index in [0.717, 1.165) is 18.4 Å². The molecule has 0 fully saturated rings. The lowest BCUT2D eigenvalue weighted by molar-refractivity contribution is 0.0934. The van der Waals surface area contributed by atoms with Crippen molar-refractivity contribution in [3.63, 3.8) is 0 Å². The van der Waals surface area contributed by atoms with Gasteiger partial charge in [-0.1, -0.05) is 67.6 Å². The van der Waals surface area contributed by atoms with Gasteiger partial charge in [-0.05, 0) is 25.3 Å². The quantitative estimate of drug-likeness (QED) is 0.772. The standard InChI is InChI=1S/C19H23NO.ClH/c1-3-18(19(21)17-12-8-5-9-13-17)20-15(2)14-16-10-6-4-7-11-16;/h4-13,15,18,20H,3,14H2,1-2H3;1H. The number of ketones is 1. The van der Waals surface area contributed by atoms with E-state index in [4.69, 9.17) is 0 Å². The Bertz CT molecular complexity index is 556. The zero-order valence-electron chi connectivity index (χ0n) is 13.2. The summed E-state index contributed by atoms with van der Waals surface area (Å²) in [6, 6.07) is 20.0. The number of benzene rings is 2. The van der Waals surface area contributed by atoms with Crippen LogP contribution < -0.4 is 5.32 Å². The monoisotopic (exact) mass is 317 g/mol. The molecule has 0 aliphatic heterocycles. The van der Waals surface area contributed by atoms with E-state index in [1.54, 1.807) is 0 Å². The molecule has 0 radical (unpaired) electrons. The van der Waals surface area contributed by atoms with Crippen LogP contribution in [0.5, 0.6) is 0 Å². The fourth-order valence-corrected chi connectivity index (χ4v) is 2.55. The van der Waals surface area contributed by atoms with Gasteiger partial charge in [-0.15, -0.1) is 12.4 Å². The van der Waals surface area contributed by atoms with Crippen LogP contribution in [-0.4, -0.2) is 17.9 Å². The summed E-state index contributed by atoms with van der Waals surface area (Å²) in [6.45, 7) is 4.18. The van der Waals surface area contributed by atoms with Crippen LogP contribution in [0.4, 0.5) is 0 Å². The number of rotatable bonds is 7. The highest BCUT2D eigenvalue weighted by Gasteiger charge is 2.19. The summed E-state index contributed by atoms with van der Waals surface area (Å²) in [5.74, 6) is 0.179. The van der Waals surface area contributed by atoms with Gasteiger partial charge in [0.25, 0.3) is 0 Å². The van der Waals surface area contributed by atoms with E-state index >= 15 is 0 Å². The van der Waals surface area contributed by atoms with Crippen molar-refractivity contribution < 1.29 is 4.79 Å². The van der Waals surface area contributed by atoms with E-state index in [2.05, 4.69) is 36.5 Å². The van der Waals surface area contributed by atoms with Gasteiger partial charge in [0.15, 0.2) is 5.78 Å². The number of nitrogens with one attached hydrogen (secondary N) is 1. The second-order valence-electron chi connectivity index (χ2n) is 5.45. The molecule has 22 heavy (non-hydrogen) atoms. The van der Waals surface area contributed by atoms with E-state index in [9.17, 15) is 4.79 Å². The molecule has 0 saturated carbocycles. The lowest BCUT2D eigenvalue weighted by atomic mass is 10.00. The molecular weight excluding hydrogens is 294 g/mol. The maximum atomic E-state index is 12.5. The molecule has 2 unspecified atom stereocenters. The van der Waals surface area contributed by atoms with Gasteiger partial charge in [0.1, 0.15) is 0 Å². The zero-order valence-corrected chi connectivity index (χ0v) is 14.0. The molecular formula is C19H24ClNO. The van der Waals surface area contributed by atoms with E-state index in [-0.39, 0.29) is 30.3 Å². The minimum Gasteiger partial charge on any atom is -0.304 e. The van der Waals surface area contributed by atoms with Crippen molar-refractivity contribution in [1.82, 2.24) is 5.32 Å². The Labute approximate surface area is 139 Å². The van der Waals surface area contributed by atoms with E-state index < -0.39 is 0 Å². The number of hydrogen-bond donors (Lipinski definition) is 1. The van der Waals surface area contributed by atoms with Gasteiger partial charge in [-0.2, -0.15) is 0 Å². The average molecular weight is 318 g/mol. The molecule has 118 valence electrons. The van der Waals surface area contributed by atoms with Gasteiger partial charge in [0.05, 0.1) is 6.04 Å². The highest BCUT2D eigenvalue weighted by atomic mass is 35.5. The zero-order chi connectivity index (χ0) is 15.1. The van der Waals surface area contributed by atoms with Gasteiger partial charge < -0.3 is 5.32 Å². The van der Waals surface area contributed by atoms with Gasteiger partial charge in [0, 0.05) is 11.6 Å². The minimum atomic E-state index is -0.119. The molecule has 0 bridgehead atoms. The van der Waals surface area contributed by atoms with Crippen molar-refractivity contribution in [2.75, 3.05) is 0 Å². The van der Waals surface area contributed by atoms with E-state index in [1.807, 2.05) is 43.3 Å². The molecule has 2 rings (SSSR count). The molecule has 2 aromatic rings. The third-order valence-corrected chi connectivity index (χ3v) is 3.65. The Hall–Kier alpha value is -1.64. The molecule has 2 nitrogen and oxygen atoms in total. The summed E-state index contributed by atoms with van der Waals surface area (Å²) in [5.41, 5.74) is 2.07. The Kier molecular flexibility index (Phi) is 7.86. The Morgan fingerprint density at radius 2 is 1.55 bits per heavy atom. The summed E-state index contributed by atoms with van der Waals surface area (Å²) >= 11 is 0. The second-order valence-corrected chi connectivity index (χ2v) is 5.45. The molecule has 0 heterocycles. The predicted molar refractivity (Wildman–Crippen MR) is 94.8 cm³/mol. The molecule has 0 aromatic heterocycles. The van der Waals surface area contributed by atoms with Crippen LogP contribution in [0.1, 0.15) is 36.2 Å². The largest absolute Gasteiger partial charge is 0.304 e. The molecule has 0 saturated heterocycles. The smallest absolute Gasteiger partial charge is 0.179 e. The van der Waals surface area contributed by atoms with Gasteiger partial charge in [-0.3, -0.25) is 4.79 Å². The van der Waals surface area contributed by atoms with Crippen molar-refractivity contribution in [2.24, 2.45) is 0 Å². The number of halogens is 1. The van der Waals surface area contributed by atoms with Crippen LogP contribution >= 0.6 is 12.4 Å². The lowest BCUT2D eigenvalue weighted by Crippen LogP contribution is -2.42. The molecule has 2 atom stereocenters. The first-order chi connectivity index (χ1) is 10.2. The predicted octanol–water partition coefficient (Wildman–Crippen LogP) is 4.29. The van der Waals surface area contributed by atoms with Crippen LogP contribution in [0.15, 0.2) is 60.7 Å². The van der Waals surface area contributed by atoms with Crippen molar-refractivity contribution in [2.45, 2.75) is 38.8 Å². The minimum absolute atomic E-state index is 0. The van der Waals surface area contributed by atoms with E-state index in [1.165, 1.54) is 5.56 Å². The number of carbonyl (C=O) groups excluding carboxylic acids is 1. The topological polar surface area (TPSA) is 29.1 Å². The highest BCUT2D eigenvalue weighted by molar-refractivity contribution is 6.00. The van der Waals surface area contributed by atoms with Gasteiger partial charge in [-0.25, -0.2) is 0 Å². The molecule has 0 aliphatic carbocycles. The van der Waals surface area contributed by atoms with Crippen molar-refractivity contribution >= 4 is 18.2 Å².